The number of nitrogens with two attached hydrogens (primary N) is 1. The van der Waals surface area contributed by atoms with Gasteiger partial charge >= 0.3 is 0 Å². The highest BCUT2D eigenvalue weighted by molar-refractivity contribution is 6.30. The van der Waals surface area contributed by atoms with Crippen molar-refractivity contribution in [3.8, 4) is 0 Å². The lowest BCUT2D eigenvalue weighted by molar-refractivity contribution is 0.851. The highest BCUT2D eigenvalue weighted by Gasteiger charge is 2.13. The molecular formula is C8H13ClN4. The Bertz CT molecular complexity index is 311. The molecule has 0 unspecified atom stereocenters. The highest BCUT2D eigenvalue weighted by atomic mass is 35.5. The first-order valence-electron chi connectivity index (χ1n) is 4.07. The Morgan fingerprint density at radius 3 is 2.46 bits per heavy atom. The van der Waals surface area contributed by atoms with Crippen LogP contribution in [0.25, 0.3) is 0 Å². The van der Waals surface area contributed by atoms with E-state index in [1.165, 1.54) is 0 Å². The number of hydrogen-bond acceptors (Lipinski definition) is 4. The first kappa shape index (κ1) is 10.1. The fraction of sp³-hybridized carbons (Fsp3) is 0.500. The topological polar surface area (TPSA) is 63.8 Å². The minimum atomic E-state index is 0.193. The minimum absolute atomic E-state index is 0.193. The molecule has 0 atom stereocenters. The molecule has 1 heterocycles. The number of aromatic nitrogens is 2. The van der Waals surface area contributed by atoms with Gasteiger partial charge in [0.1, 0.15) is 11.0 Å². The zero-order valence-electron chi connectivity index (χ0n) is 7.93. The van der Waals surface area contributed by atoms with Crippen molar-refractivity contribution in [2.75, 3.05) is 18.1 Å². The quantitative estimate of drug-likeness (QED) is 0.716. The van der Waals surface area contributed by atoms with Crippen molar-refractivity contribution < 1.29 is 0 Å². The predicted molar refractivity (Wildman–Crippen MR) is 55.1 cm³/mol. The molecule has 5 heteroatoms. The Labute approximate surface area is 82.5 Å². The van der Waals surface area contributed by atoms with Crippen LogP contribution in [0.2, 0.25) is 5.15 Å². The monoisotopic (exact) mass is 200 g/mol. The van der Waals surface area contributed by atoms with Gasteiger partial charge in [-0.05, 0) is 5.92 Å². The van der Waals surface area contributed by atoms with Crippen LogP contribution in [0.3, 0.4) is 0 Å². The van der Waals surface area contributed by atoms with E-state index in [4.69, 9.17) is 17.3 Å². The van der Waals surface area contributed by atoms with Gasteiger partial charge in [0, 0.05) is 12.6 Å². The number of nitrogens with zero attached hydrogens (tertiary/aromatic N) is 2. The first-order chi connectivity index (χ1) is 6.06. The third-order valence-electron chi connectivity index (χ3n) is 1.73. The molecule has 0 aliphatic rings. The van der Waals surface area contributed by atoms with Gasteiger partial charge in [0.2, 0.25) is 5.95 Å². The Hall–Kier alpha value is -1.03. The molecule has 4 nitrogen and oxygen atoms in total. The van der Waals surface area contributed by atoms with Crippen LogP contribution < -0.4 is 11.1 Å². The van der Waals surface area contributed by atoms with E-state index in [1.807, 2.05) is 13.8 Å². The molecular weight excluding hydrogens is 188 g/mol. The summed E-state index contributed by atoms with van der Waals surface area (Å²) in [6.07, 6.45) is 0. The molecule has 0 aliphatic carbocycles. The van der Waals surface area contributed by atoms with E-state index >= 15 is 0 Å². The van der Waals surface area contributed by atoms with E-state index in [0.717, 1.165) is 5.56 Å². The van der Waals surface area contributed by atoms with Crippen LogP contribution in [-0.2, 0) is 0 Å². The number of nitrogen functional groups attached to an aromatic ring is 1. The number of halogens is 1. The second kappa shape index (κ2) is 3.79. The maximum absolute atomic E-state index is 5.94. The van der Waals surface area contributed by atoms with Crippen LogP contribution in [0.1, 0.15) is 25.3 Å². The molecule has 0 saturated heterocycles. The van der Waals surface area contributed by atoms with Crippen molar-refractivity contribution in [3.05, 3.63) is 10.7 Å². The van der Waals surface area contributed by atoms with Gasteiger partial charge in [0.05, 0.1) is 0 Å². The van der Waals surface area contributed by atoms with Gasteiger partial charge in [-0.25, -0.2) is 4.98 Å². The Morgan fingerprint density at radius 1 is 1.38 bits per heavy atom. The molecule has 0 saturated carbocycles. The average Bonchev–Trinajstić information content (AvgIpc) is 2.01. The third kappa shape index (κ3) is 2.01. The molecule has 0 fully saturated rings. The molecule has 13 heavy (non-hydrogen) atoms. The van der Waals surface area contributed by atoms with Crippen molar-refractivity contribution in [2.24, 2.45) is 0 Å². The molecule has 0 amide bonds. The molecule has 1 aromatic rings. The fourth-order valence-electron chi connectivity index (χ4n) is 1.16. The molecule has 1 aromatic heterocycles. The molecule has 0 radical (unpaired) electrons. The van der Waals surface area contributed by atoms with E-state index in [9.17, 15) is 0 Å². The Balaban J connectivity index is 3.30. The second-order valence-electron chi connectivity index (χ2n) is 3.04. The average molecular weight is 201 g/mol. The second-order valence-corrected chi connectivity index (χ2v) is 3.40. The van der Waals surface area contributed by atoms with E-state index in [-0.39, 0.29) is 11.9 Å². The van der Waals surface area contributed by atoms with Crippen molar-refractivity contribution in [3.63, 3.8) is 0 Å². The summed E-state index contributed by atoms with van der Waals surface area (Å²) in [6, 6.07) is 0. The van der Waals surface area contributed by atoms with Crippen LogP contribution in [-0.4, -0.2) is 17.0 Å². The van der Waals surface area contributed by atoms with Crippen molar-refractivity contribution >= 4 is 23.4 Å². The van der Waals surface area contributed by atoms with Crippen LogP contribution in [0, 0.1) is 0 Å². The summed E-state index contributed by atoms with van der Waals surface area (Å²) in [6.45, 7) is 4.06. The van der Waals surface area contributed by atoms with E-state index in [0.29, 0.717) is 11.0 Å². The molecule has 0 spiro atoms. The molecule has 72 valence electrons. The van der Waals surface area contributed by atoms with E-state index < -0.39 is 0 Å². The highest BCUT2D eigenvalue weighted by Crippen LogP contribution is 2.28. The lowest BCUT2D eigenvalue weighted by Gasteiger charge is -2.12. The molecule has 0 bridgehead atoms. The summed E-state index contributed by atoms with van der Waals surface area (Å²) in [7, 11) is 1.78. The zero-order chi connectivity index (χ0) is 10.0. The summed E-state index contributed by atoms with van der Waals surface area (Å²) >= 11 is 5.94. The van der Waals surface area contributed by atoms with Crippen LogP contribution in [0.4, 0.5) is 11.8 Å². The molecule has 3 N–H and O–H groups in total. The molecule has 0 aliphatic heterocycles. The fourth-order valence-corrected chi connectivity index (χ4v) is 1.55. The SMILES string of the molecule is CNc1nc(N)nc(Cl)c1C(C)C. The summed E-state index contributed by atoms with van der Waals surface area (Å²) in [5, 5.41) is 3.37. The number of rotatable bonds is 2. The lowest BCUT2D eigenvalue weighted by atomic mass is 10.1. The summed E-state index contributed by atoms with van der Waals surface area (Å²) < 4.78 is 0. The van der Waals surface area contributed by atoms with Crippen LogP contribution >= 0.6 is 11.6 Å². The summed E-state index contributed by atoms with van der Waals surface area (Å²) in [4.78, 5) is 7.94. The van der Waals surface area contributed by atoms with Crippen LogP contribution in [0.5, 0.6) is 0 Å². The predicted octanol–water partition coefficient (Wildman–Crippen LogP) is 1.88. The van der Waals surface area contributed by atoms with Crippen LogP contribution in [0.15, 0.2) is 0 Å². The number of anilines is 2. The standard InChI is InChI=1S/C8H13ClN4/c1-4(2)5-6(9)12-8(10)13-7(5)11-3/h4H,1-3H3,(H3,10,11,12,13). The molecule has 1 rings (SSSR count). The smallest absolute Gasteiger partial charge is 0.223 e. The van der Waals surface area contributed by atoms with Gasteiger partial charge in [0.25, 0.3) is 0 Å². The third-order valence-corrected chi connectivity index (χ3v) is 2.02. The zero-order valence-corrected chi connectivity index (χ0v) is 8.68. The Morgan fingerprint density at radius 2 is 2.00 bits per heavy atom. The normalized spacial score (nSPS) is 10.5. The molecule has 0 aromatic carbocycles. The van der Waals surface area contributed by atoms with Crippen molar-refractivity contribution in [1.82, 2.24) is 9.97 Å². The summed E-state index contributed by atoms with van der Waals surface area (Å²) in [5.74, 6) is 1.17. The van der Waals surface area contributed by atoms with Gasteiger partial charge in [-0.1, -0.05) is 25.4 Å². The van der Waals surface area contributed by atoms with Crippen molar-refractivity contribution in [1.29, 1.82) is 0 Å². The maximum Gasteiger partial charge on any atom is 0.223 e. The largest absolute Gasteiger partial charge is 0.373 e. The Kier molecular flexibility index (Phi) is 2.93. The number of hydrogen-bond donors (Lipinski definition) is 2. The van der Waals surface area contributed by atoms with Gasteiger partial charge in [-0.2, -0.15) is 4.98 Å². The first-order valence-corrected chi connectivity index (χ1v) is 4.44. The van der Waals surface area contributed by atoms with Gasteiger partial charge in [-0.3, -0.25) is 0 Å². The minimum Gasteiger partial charge on any atom is -0.373 e. The van der Waals surface area contributed by atoms with Gasteiger partial charge in [-0.15, -0.1) is 0 Å². The van der Waals surface area contributed by atoms with Gasteiger partial charge < -0.3 is 11.1 Å². The van der Waals surface area contributed by atoms with Gasteiger partial charge in [0.15, 0.2) is 0 Å². The maximum atomic E-state index is 5.94. The summed E-state index contributed by atoms with van der Waals surface area (Å²) in [5.41, 5.74) is 6.36. The van der Waals surface area contributed by atoms with E-state index in [2.05, 4.69) is 15.3 Å². The number of nitrogens with one attached hydrogen (secondary N) is 1. The van der Waals surface area contributed by atoms with Crippen molar-refractivity contribution in [2.45, 2.75) is 19.8 Å². The van der Waals surface area contributed by atoms with E-state index in [1.54, 1.807) is 7.05 Å². The lowest BCUT2D eigenvalue weighted by Crippen LogP contribution is -2.06.